The van der Waals surface area contributed by atoms with Crippen molar-refractivity contribution >= 4 is 21.7 Å². The Hall–Kier alpha value is -3.27. The van der Waals surface area contributed by atoms with Crippen LogP contribution in [-0.2, 0) is 22.9 Å². The highest BCUT2D eigenvalue weighted by Gasteiger charge is 2.26. The number of tetrazole rings is 1. The third-order valence-corrected chi connectivity index (χ3v) is 6.47. The zero-order valence-electron chi connectivity index (χ0n) is 15.9. The molecule has 0 saturated carbocycles. The third-order valence-electron chi connectivity index (χ3n) is 5.03. The van der Waals surface area contributed by atoms with Crippen molar-refractivity contribution in [3.63, 3.8) is 0 Å². The van der Waals surface area contributed by atoms with Gasteiger partial charge in [-0.3, -0.25) is 4.72 Å². The molecule has 3 aromatic rings. The molecule has 29 heavy (non-hydrogen) atoms. The summed E-state index contributed by atoms with van der Waals surface area (Å²) in [6.45, 7) is 3.62. The van der Waals surface area contributed by atoms with E-state index in [9.17, 15) is 18.3 Å². The van der Waals surface area contributed by atoms with Gasteiger partial charge in [0, 0.05) is 0 Å². The van der Waals surface area contributed by atoms with E-state index in [1.807, 2.05) is 6.92 Å². The fraction of sp³-hybridized carbons (Fsp3) is 0.263. The fourth-order valence-corrected chi connectivity index (χ4v) is 4.98. The van der Waals surface area contributed by atoms with Crippen molar-refractivity contribution in [1.29, 1.82) is 0 Å². The Bertz CT molecular complexity index is 1230. The Labute approximate surface area is 167 Å². The van der Waals surface area contributed by atoms with Crippen molar-refractivity contribution in [2.24, 2.45) is 0 Å². The predicted octanol–water partition coefficient (Wildman–Crippen LogP) is 2.27. The lowest BCUT2D eigenvalue weighted by Crippen LogP contribution is -2.17. The third kappa shape index (κ3) is 3.46. The fourth-order valence-electron chi connectivity index (χ4n) is 3.59. The molecule has 1 heterocycles. The Morgan fingerprint density at radius 1 is 1.17 bits per heavy atom. The van der Waals surface area contributed by atoms with Crippen molar-refractivity contribution in [3.05, 3.63) is 58.4 Å². The maximum absolute atomic E-state index is 13.1. The number of carboxylic acid groups (broad SMARTS) is 1. The highest BCUT2D eigenvalue weighted by molar-refractivity contribution is 7.92. The Morgan fingerprint density at radius 3 is 2.66 bits per heavy atom. The number of aromatic carboxylic acids is 1. The van der Waals surface area contributed by atoms with Gasteiger partial charge in [-0.15, -0.1) is 5.10 Å². The zero-order valence-corrected chi connectivity index (χ0v) is 16.7. The van der Waals surface area contributed by atoms with E-state index in [0.29, 0.717) is 35.6 Å². The second-order valence-electron chi connectivity index (χ2n) is 7.02. The predicted molar refractivity (Wildman–Crippen MR) is 105 cm³/mol. The number of anilines is 1. The summed E-state index contributed by atoms with van der Waals surface area (Å²) in [4.78, 5) is 11.5. The van der Waals surface area contributed by atoms with E-state index in [4.69, 9.17) is 0 Å². The molecule has 4 rings (SSSR count). The Balaban J connectivity index is 1.76. The van der Waals surface area contributed by atoms with E-state index < -0.39 is 16.0 Å². The lowest BCUT2D eigenvalue weighted by molar-refractivity contribution is 0.0696. The SMILES string of the molecule is Cc1ccc(NS(=O)(=O)c2cc(C(=O)O)cc3c2CCC3)cc1-n1nnnc1C. The van der Waals surface area contributed by atoms with Crippen LogP contribution in [0.15, 0.2) is 35.2 Å². The van der Waals surface area contributed by atoms with E-state index in [-0.39, 0.29) is 10.5 Å². The molecule has 0 atom stereocenters. The van der Waals surface area contributed by atoms with Crippen LogP contribution in [-0.4, -0.2) is 39.7 Å². The molecule has 1 aromatic heterocycles. The van der Waals surface area contributed by atoms with E-state index in [0.717, 1.165) is 17.5 Å². The number of sulfonamides is 1. The van der Waals surface area contributed by atoms with Crippen LogP contribution >= 0.6 is 0 Å². The molecule has 9 nitrogen and oxygen atoms in total. The summed E-state index contributed by atoms with van der Waals surface area (Å²) in [6.07, 6.45) is 2.08. The minimum Gasteiger partial charge on any atom is -0.478 e. The first kappa shape index (κ1) is 19.1. The van der Waals surface area contributed by atoms with Crippen molar-refractivity contribution in [1.82, 2.24) is 20.2 Å². The Morgan fingerprint density at radius 2 is 1.97 bits per heavy atom. The van der Waals surface area contributed by atoms with Crippen LogP contribution in [0.1, 0.15) is 39.3 Å². The van der Waals surface area contributed by atoms with Gasteiger partial charge in [0.25, 0.3) is 10.0 Å². The molecule has 0 saturated heterocycles. The summed E-state index contributed by atoms with van der Waals surface area (Å²) >= 11 is 0. The Kier molecular flexibility index (Phi) is 4.58. The van der Waals surface area contributed by atoms with Crippen LogP contribution in [0.5, 0.6) is 0 Å². The van der Waals surface area contributed by atoms with Gasteiger partial charge < -0.3 is 5.11 Å². The van der Waals surface area contributed by atoms with Crippen LogP contribution in [0.2, 0.25) is 0 Å². The molecule has 10 heteroatoms. The van der Waals surface area contributed by atoms with Crippen LogP contribution in [0.3, 0.4) is 0 Å². The molecule has 0 amide bonds. The van der Waals surface area contributed by atoms with Gasteiger partial charge in [0.15, 0.2) is 5.82 Å². The van der Waals surface area contributed by atoms with E-state index in [2.05, 4.69) is 20.2 Å². The largest absolute Gasteiger partial charge is 0.478 e. The van der Waals surface area contributed by atoms with Gasteiger partial charge in [0.05, 0.1) is 21.8 Å². The number of nitrogens with zero attached hydrogens (tertiary/aromatic N) is 4. The number of carbonyl (C=O) groups is 1. The molecular formula is C19H19N5O4S. The first-order valence-corrected chi connectivity index (χ1v) is 10.5. The molecule has 1 aliphatic rings. The number of nitrogens with one attached hydrogen (secondary N) is 1. The van der Waals surface area contributed by atoms with Crippen LogP contribution in [0.25, 0.3) is 5.69 Å². The summed E-state index contributed by atoms with van der Waals surface area (Å²) in [5.41, 5.74) is 3.30. The average Bonchev–Trinajstić information content (AvgIpc) is 3.30. The second kappa shape index (κ2) is 6.96. The topological polar surface area (TPSA) is 127 Å². The normalized spacial score (nSPS) is 13.3. The zero-order chi connectivity index (χ0) is 20.8. The molecule has 0 aliphatic heterocycles. The van der Waals surface area contributed by atoms with Crippen molar-refractivity contribution in [2.75, 3.05) is 4.72 Å². The minimum absolute atomic E-state index is 0.0191. The summed E-state index contributed by atoms with van der Waals surface area (Å²) < 4.78 is 30.4. The standard InChI is InChI=1S/C19H19N5O4S/c1-11-6-7-15(10-17(11)24-12(2)20-22-23-24)21-29(27,28)18-9-14(19(25)26)8-13-4-3-5-16(13)18/h6-10,21H,3-5H2,1-2H3,(H,25,26). The molecule has 1 aliphatic carbocycles. The molecule has 0 spiro atoms. The molecule has 0 bridgehead atoms. The van der Waals surface area contributed by atoms with Gasteiger partial charge in [-0.2, -0.15) is 4.68 Å². The van der Waals surface area contributed by atoms with E-state index in [1.165, 1.54) is 10.7 Å². The van der Waals surface area contributed by atoms with E-state index >= 15 is 0 Å². The molecule has 2 aromatic carbocycles. The van der Waals surface area contributed by atoms with Crippen LogP contribution in [0.4, 0.5) is 5.69 Å². The summed E-state index contributed by atoms with van der Waals surface area (Å²) in [5, 5.41) is 20.8. The summed E-state index contributed by atoms with van der Waals surface area (Å²) in [7, 11) is -3.98. The summed E-state index contributed by atoms with van der Waals surface area (Å²) in [5.74, 6) is -0.581. The maximum Gasteiger partial charge on any atom is 0.335 e. The highest BCUT2D eigenvalue weighted by Crippen LogP contribution is 2.31. The second-order valence-corrected chi connectivity index (χ2v) is 8.67. The first-order chi connectivity index (χ1) is 13.8. The quantitative estimate of drug-likeness (QED) is 0.657. The van der Waals surface area contributed by atoms with Gasteiger partial charge in [-0.05, 0) is 84.5 Å². The lowest BCUT2D eigenvalue weighted by Gasteiger charge is -2.14. The average molecular weight is 413 g/mol. The summed E-state index contributed by atoms with van der Waals surface area (Å²) in [6, 6.07) is 7.87. The van der Waals surface area contributed by atoms with Crippen molar-refractivity contribution in [3.8, 4) is 5.69 Å². The van der Waals surface area contributed by atoms with Crippen LogP contribution < -0.4 is 4.72 Å². The number of hydrogen-bond donors (Lipinski definition) is 2. The van der Waals surface area contributed by atoms with Gasteiger partial charge >= 0.3 is 5.97 Å². The van der Waals surface area contributed by atoms with E-state index in [1.54, 1.807) is 31.2 Å². The number of aromatic nitrogens is 4. The molecular weight excluding hydrogens is 394 g/mol. The molecule has 0 unspecified atom stereocenters. The monoisotopic (exact) mass is 413 g/mol. The molecule has 0 radical (unpaired) electrons. The van der Waals surface area contributed by atoms with Crippen molar-refractivity contribution in [2.45, 2.75) is 38.0 Å². The maximum atomic E-state index is 13.1. The molecule has 2 N–H and O–H groups in total. The first-order valence-electron chi connectivity index (χ1n) is 9.04. The molecule has 150 valence electrons. The van der Waals surface area contributed by atoms with Gasteiger partial charge in [0.2, 0.25) is 0 Å². The number of aryl methyl sites for hydroxylation is 3. The van der Waals surface area contributed by atoms with Crippen LogP contribution in [0, 0.1) is 13.8 Å². The lowest BCUT2D eigenvalue weighted by atomic mass is 10.1. The van der Waals surface area contributed by atoms with Gasteiger partial charge in [-0.1, -0.05) is 6.07 Å². The number of carboxylic acids is 1. The van der Waals surface area contributed by atoms with Crippen molar-refractivity contribution < 1.29 is 18.3 Å². The van der Waals surface area contributed by atoms with Gasteiger partial charge in [0.1, 0.15) is 0 Å². The highest BCUT2D eigenvalue weighted by atomic mass is 32.2. The van der Waals surface area contributed by atoms with Gasteiger partial charge in [-0.25, -0.2) is 13.2 Å². The number of fused-ring (bicyclic) bond motifs is 1. The minimum atomic E-state index is -3.98. The molecule has 0 fully saturated rings. The number of hydrogen-bond acceptors (Lipinski definition) is 6. The smallest absolute Gasteiger partial charge is 0.335 e. The number of benzene rings is 2. The number of rotatable bonds is 5.